The molecule has 3 N–H and O–H groups in total. The second kappa shape index (κ2) is 6.70. The number of thioether (sulfide) groups is 1. The number of thiophene rings is 1. The molecule has 0 aliphatic rings. The Hall–Kier alpha value is -1.54. The van der Waals surface area contributed by atoms with Crippen molar-refractivity contribution >= 4 is 29.0 Å². The van der Waals surface area contributed by atoms with Gasteiger partial charge >= 0.3 is 0 Å². The highest BCUT2D eigenvalue weighted by Crippen LogP contribution is 2.23. The number of nitrogens with two attached hydrogens (primary N) is 1. The minimum absolute atomic E-state index is 0.00832. The number of hydrogen-bond donors (Lipinski definition) is 2. The molecule has 0 bridgehead atoms. The Bertz CT molecular complexity index is 630. The molecule has 0 aromatic carbocycles. The number of aromatic nitrogens is 3. The van der Waals surface area contributed by atoms with Crippen molar-refractivity contribution in [3.05, 3.63) is 28.2 Å². The summed E-state index contributed by atoms with van der Waals surface area (Å²) in [6, 6.07) is 3.99. The molecular formula is C14H21N5OS2. The zero-order chi connectivity index (χ0) is 16.3. The third-order valence-corrected chi connectivity index (χ3v) is 5.01. The number of rotatable bonds is 5. The van der Waals surface area contributed by atoms with Gasteiger partial charge < -0.3 is 11.2 Å². The van der Waals surface area contributed by atoms with Crippen LogP contribution in [0.2, 0.25) is 0 Å². The van der Waals surface area contributed by atoms with Gasteiger partial charge in [-0.15, -0.1) is 21.5 Å². The van der Waals surface area contributed by atoms with Gasteiger partial charge in [0.25, 0.3) is 0 Å². The first kappa shape index (κ1) is 16.8. The second-order valence-electron chi connectivity index (χ2n) is 6.02. The number of carbonyl (C=O) groups is 1. The lowest BCUT2D eigenvalue weighted by atomic mass is 9.96. The van der Waals surface area contributed by atoms with E-state index in [4.69, 9.17) is 5.84 Å². The van der Waals surface area contributed by atoms with Crippen LogP contribution in [0.25, 0.3) is 0 Å². The molecule has 22 heavy (non-hydrogen) atoms. The van der Waals surface area contributed by atoms with Crippen LogP contribution in [-0.4, -0.2) is 26.5 Å². The summed E-state index contributed by atoms with van der Waals surface area (Å²) in [4.78, 5) is 13.1. The SMILES string of the molecule is CC(NC(=O)CSc1nnc(C(C)(C)C)n1N)c1cccs1. The normalized spacial score (nSPS) is 13.1. The Labute approximate surface area is 138 Å². The zero-order valence-corrected chi connectivity index (χ0v) is 14.8. The number of nitrogens with zero attached hydrogens (tertiary/aromatic N) is 3. The summed E-state index contributed by atoms with van der Waals surface area (Å²) in [5.41, 5.74) is -0.184. The van der Waals surface area contributed by atoms with Crippen LogP contribution < -0.4 is 11.2 Å². The van der Waals surface area contributed by atoms with Gasteiger partial charge in [0, 0.05) is 10.3 Å². The van der Waals surface area contributed by atoms with Crippen LogP contribution in [0.3, 0.4) is 0 Å². The molecule has 0 spiro atoms. The van der Waals surface area contributed by atoms with Crippen LogP contribution in [0.15, 0.2) is 22.7 Å². The Morgan fingerprint density at radius 3 is 2.77 bits per heavy atom. The first-order valence-electron chi connectivity index (χ1n) is 6.95. The summed E-state index contributed by atoms with van der Waals surface area (Å²) in [7, 11) is 0. The minimum atomic E-state index is -0.184. The number of nitrogen functional groups attached to an aromatic ring is 1. The fourth-order valence-electron chi connectivity index (χ4n) is 1.91. The fourth-order valence-corrected chi connectivity index (χ4v) is 3.31. The molecule has 0 aliphatic heterocycles. The van der Waals surface area contributed by atoms with Crippen LogP contribution in [0.4, 0.5) is 0 Å². The highest BCUT2D eigenvalue weighted by molar-refractivity contribution is 7.99. The number of nitrogens with one attached hydrogen (secondary N) is 1. The molecule has 2 aromatic rings. The molecule has 2 heterocycles. The van der Waals surface area contributed by atoms with Crippen molar-refractivity contribution in [1.82, 2.24) is 20.2 Å². The summed E-state index contributed by atoms with van der Waals surface area (Å²) in [5.74, 6) is 6.90. The molecule has 6 nitrogen and oxygen atoms in total. The molecule has 0 saturated carbocycles. The van der Waals surface area contributed by atoms with Gasteiger partial charge in [-0.05, 0) is 18.4 Å². The molecule has 0 aliphatic carbocycles. The quantitative estimate of drug-likeness (QED) is 0.645. The molecule has 0 saturated heterocycles. The van der Waals surface area contributed by atoms with Gasteiger partial charge in [-0.2, -0.15) is 0 Å². The molecule has 8 heteroatoms. The zero-order valence-electron chi connectivity index (χ0n) is 13.2. The molecule has 2 aromatic heterocycles. The van der Waals surface area contributed by atoms with Crippen LogP contribution in [0, 0.1) is 0 Å². The Kier molecular flexibility index (Phi) is 5.12. The number of amides is 1. The van der Waals surface area contributed by atoms with Crippen LogP contribution in [0.5, 0.6) is 0 Å². The van der Waals surface area contributed by atoms with Gasteiger partial charge in [0.15, 0.2) is 5.82 Å². The minimum Gasteiger partial charge on any atom is -0.348 e. The Morgan fingerprint density at radius 1 is 1.50 bits per heavy atom. The Balaban J connectivity index is 1.90. The molecule has 1 amide bonds. The average molecular weight is 339 g/mol. The second-order valence-corrected chi connectivity index (χ2v) is 7.94. The van der Waals surface area contributed by atoms with Gasteiger partial charge in [0.1, 0.15) is 0 Å². The molecule has 1 unspecified atom stereocenters. The van der Waals surface area contributed by atoms with E-state index in [1.165, 1.54) is 16.4 Å². The van der Waals surface area contributed by atoms with E-state index in [9.17, 15) is 4.79 Å². The standard InChI is InChI=1S/C14H21N5OS2/c1-9(10-6-5-7-21-10)16-11(20)8-22-13-18-17-12(19(13)15)14(2,3)4/h5-7,9H,8,15H2,1-4H3,(H,16,20). The van der Waals surface area contributed by atoms with Gasteiger partial charge in [0.05, 0.1) is 11.8 Å². The largest absolute Gasteiger partial charge is 0.348 e. The third kappa shape index (κ3) is 4.01. The van der Waals surface area contributed by atoms with Gasteiger partial charge in [-0.3, -0.25) is 4.79 Å². The molecular weight excluding hydrogens is 318 g/mol. The van der Waals surface area contributed by atoms with Crippen LogP contribution >= 0.6 is 23.1 Å². The topological polar surface area (TPSA) is 85.8 Å². The van der Waals surface area contributed by atoms with Crippen molar-refractivity contribution in [1.29, 1.82) is 0 Å². The average Bonchev–Trinajstić information content (AvgIpc) is 3.04. The lowest BCUT2D eigenvalue weighted by Crippen LogP contribution is -2.28. The van der Waals surface area contributed by atoms with E-state index in [2.05, 4.69) is 15.5 Å². The summed E-state index contributed by atoms with van der Waals surface area (Å²) in [5, 5.41) is 13.7. The van der Waals surface area contributed by atoms with Crippen molar-refractivity contribution in [2.45, 2.75) is 44.3 Å². The van der Waals surface area contributed by atoms with Crippen molar-refractivity contribution in [3.63, 3.8) is 0 Å². The molecule has 0 radical (unpaired) electrons. The van der Waals surface area contributed by atoms with E-state index >= 15 is 0 Å². The maximum atomic E-state index is 12.0. The highest BCUT2D eigenvalue weighted by atomic mass is 32.2. The third-order valence-electron chi connectivity index (χ3n) is 3.02. The van der Waals surface area contributed by atoms with E-state index in [-0.39, 0.29) is 23.1 Å². The monoisotopic (exact) mass is 339 g/mol. The summed E-state index contributed by atoms with van der Waals surface area (Å²) in [6.07, 6.45) is 0. The highest BCUT2D eigenvalue weighted by Gasteiger charge is 2.23. The molecule has 2 rings (SSSR count). The van der Waals surface area contributed by atoms with Crippen LogP contribution in [0.1, 0.15) is 44.4 Å². The van der Waals surface area contributed by atoms with E-state index in [1.807, 2.05) is 45.2 Å². The Morgan fingerprint density at radius 2 is 2.23 bits per heavy atom. The van der Waals surface area contributed by atoms with E-state index in [0.717, 1.165) is 4.88 Å². The van der Waals surface area contributed by atoms with Crippen LogP contribution in [-0.2, 0) is 10.2 Å². The first-order chi connectivity index (χ1) is 10.3. The van der Waals surface area contributed by atoms with Crippen molar-refractivity contribution < 1.29 is 4.79 Å². The lowest BCUT2D eigenvalue weighted by Gasteiger charge is -2.16. The summed E-state index contributed by atoms with van der Waals surface area (Å²) < 4.78 is 1.46. The predicted octanol–water partition coefficient (Wildman–Crippen LogP) is 2.32. The fraction of sp³-hybridized carbons (Fsp3) is 0.500. The van der Waals surface area contributed by atoms with Crippen molar-refractivity contribution in [2.24, 2.45) is 0 Å². The van der Waals surface area contributed by atoms with E-state index < -0.39 is 0 Å². The smallest absolute Gasteiger partial charge is 0.230 e. The van der Waals surface area contributed by atoms with E-state index in [0.29, 0.717) is 11.0 Å². The van der Waals surface area contributed by atoms with Crippen molar-refractivity contribution in [3.8, 4) is 0 Å². The lowest BCUT2D eigenvalue weighted by molar-refractivity contribution is -0.119. The summed E-state index contributed by atoms with van der Waals surface area (Å²) in [6.45, 7) is 8.02. The van der Waals surface area contributed by atoms with E-state index in [1.54, 1.807) is 11.3 Å². The molecule has 1 atom stereocenters. The first-order valence-corrected chi connectivity index (χ1v) is 8.82. The van der Waals surface area contributed by atoms with Gasteiger partial charge in [-0.1, -0.05) is 38.6 Å². The maximum absolute atomic E-state index is 12.0. The molecule has 120 valence electrons. The number of hydrogen-bond acceptors (Lipinski definition) is 6. The number of carbonyl (C=O) groups excluding carboxylic acids is 1. The maximum Gasteiger partial charge on any atom is 0.230 e. The van der Waals surface area contributed by atoms with Crippen molar-refractivity contribution in [2.75, 3.05) is 11.6 Å². The van der Waals surface area contributed by atoms with Gasteiger partial charge in [0.2, 0.25) is 11.1 Å². The predicted molar refractivity (Wildman–Crippen MR) is 90.5 cm³/mol. The summed E-state index contributed by atoms with van der Waals surface area (Å²) >= 11 is 2.92. The van der Waals surface area contributed by atoms with Gasteiger partial charge in [-0.25, -0.2) is 4.68 Å². The molecule has 0 fully saturated rings.